The maximum atomic E-state index is 13.0. The lowest BCUT2D eigenvalue weighted by Gasteiger charge is -2.38. The molecular formula is C20H29N3O2. The molecule has 2 saturated heterocycles. The van der Waals surface area contributed by atoms with E-state index in [0.29, 0.717) is 6.54 Å². The quantitative estimate of drug-likeness (QED) is 0.910. The summed E-state index contributed by atoms with van der Waals surface area (Å²) >= 11 is 0. The van der Waals surface area contributed by atoms with E-state index in [2.05, 4.69) is 34.5 Å². The van der Waals surface area contributed by atoms with Crippen LogP contribution >= 0.6 is 0 Å². The van der Waals surface area contributed by atoms with Crippen LogP contribution in [0.15, 0.2) is 30.3 Å². The Bertz CT molecular complexity index is 590. The Morgan fingerprint density at radius 2 is 1.84 bits per heavy atom. The lowest BCUT2D eigenvalue weighted by atomic mass is 9.94. The van der Waals surface area contributed by atoms with Crippen molar-refractivity contribution < 1.29 is 9.59 Å². The Labute approximate surface area is 150 Å². The molecule has 0 aromatic heterocycles. The molecule has 1 aromatic carbocycles. The number of amides is 2. The average Bonchev–Trinajstić information content (AvgIpc) is 2.62. The highest BCUT2D eigenvalue weighted by Crippen LogP contribution is 2.22. The predicted octanol–water partition coefficient (Wildman–Crippen LogP) is 2.03. The van der Waals surface area contributed by atoms with Gasteiger partial charge >= 0.3 is 0 Å². The van der Waals surface area contributed by atoms with E-state index in [1.54, 1.807) is 6.92 Å². The van der Waals surface area contributed by atoms with Gasteiger partial charge in [-0.1, -0.05) is 30.3 Å². The molecule has 0 radical (unpaired) electrons. The summed E-state index contributed by atoms with van der Waals surface area (Å²) in [6.07, 6.45) is 3.99. The molecule has 0 bridgehead atoms. The minimum atomic E-state index is -0.00833. The Hall–Kier alpha value is -1.88. The summed E-state index contributed by atoms with van der Waals surface area (Å²) in [5.74, 6) is 0.354. The molecule has 2 aliphatic heterocycles. The van der Waals surface area contributed by atoms with Gasteiger partial charge in [0.15, 0.2) is 0 Å². The first kappa shape index (κ1) is 17.9. The van der Waals surface area contributed by atoms with Gasteiger partial charge in [-0.3, -0.25) is 14.5 Å². The normalized spacial score (nSPS) is 24.8. The van der Waals surface area contributed by atoms with E-state index in [1.165, 1.54) is 5.56 Å². The number of rotatable bonds is 4. The van der Waals surface area contributed by atoms with Crippen LogP contribution in [-0.2, 0) is 16.1 Å². The van der Waals surface area contributed by atoms with Crippen LogP contribution in [0.5, 0.6) is 0 Å². The SMILES string of the molecule is CC(=O)N[C@H]1CCCN(C(=O)[C@@H]2CCCN(Cc3ccccc3)C2)C1. The summed E-state index contributed by atoms with van der Waals surface area (Å²) < 4.78 is 0. The molecule has 0 spiro atoms. The Balaban J connectivity index is 1.55. The molecule has 0 saturated carbocycles. The fourth-order valence-electron chi connectivity index (χ4n) is 4.08. The van der Waals surface area contributed by atoms with Gasteiger partial charge in [0.05, 0.1) is 5.92 Å². The van der Waals surface area contributed by atoms with Crippen molar-refractivity contribution in [3.8, 4) is 0 Å². The number of piperidine rings is 2. The Kier molecular flexibility index (Phi) is 6.08. The number of hydrogen-bond donors (Lipinski definition) is 1. The van der Waals surface area contributed by atoms with Crippen molar-refractivity contribution in [1.82, 2.24) is 15.1 Å². The van der Waals surface area contributed by atoms with Gasteiger partial charge in [-0.2, -0.15) is 0 Å². The topological polar surface area (TPSA) is 52.7 Å². The average molecular weight is 343 g/mol. The van der Waals surface area contributed by atoms with Crippen molar-refractivity contribution >= 4 is 11.8 Å². The first-order valence-electron chi connectivity index (χ1n) is 9.44. The molecular weight excluding hydrogens is 314 g/mol. The summed E-state index contributed by atoms with van der Waals surface area (Å²) in [7, 11) is 0. The minimum absolute atomic E-state index is 0.00833. The van der Waals surface area contributed by atoms with Crippen LogP contribution in [0, 0.1) is 5.92 Å². The standard InChI is InChI=1S/C20H29N3O2/c1-16(24)21-19-10-6-12-23(15-19)20(25)18-9-5-11-22(14-18)13-17-7-3-2-4-8-17/h2-4,7-8,18-19H,5-6,9-15H2,1H3,(H,21,24)/t18-,19+/m1/s1. The van der Waals surface area contributed by atoms with Crippen LogP contribution in [0.4, 0.5) is 0 Å². The molecule has 2 aliphatic rings. The molecule has 2 heterocycles. The second-order valence-corrected chi connectivity index (χ2v) is 7.38. The second-order valence-electron chi connectivity index (χ2n) is 7.38. The van der Waals surface area contributed by atoms with Gasteiger partial charge in [0.1, 0.15) is 0 Å². The lowest BCUT2D eigenvalue weighted by Crippen LogP contribution is -2.52. The van der Waals surface area contributed by atoms with Crippen LogP contribution < -0.4 is 5.32 Å². The monoisotopic (exact) mass is 343 g/mol. The van der Waals surface area contributed by atoms with Crippen LogP contribution in [0.3, 0.4) is 0 Å². The molecule has 3 rings (SSSR count). The highest BCUT2D eigenvalue weighted by molar-refractivity contribution is 5.79. The van der Waals surface area contributed by atoms with E-state index >= 15 is 0 Å². The molecule has 136 valence electrons. The van der Waals surface area contributed by atoms with E-state index in [1.807, 2.05) is 11.0 Å². The van der Waals surface area contributed by atoms with Crippen molar-refractivity contribution in [1.29, 1.82) is 0 Å². The van der Waals surface area contributed by atoms with Crippen LogP contribution in [0.1, 0.15) is 38.2 Å². The highest BCUT2D eigenvalue weighted by Gasteiger charge is 2.32. The summed E-state index contributed by atoms with van der Waals surface area (Å²) in [4.78, 5) is 28.6. The maximum absolute atomic E-state index is 13.0. The van der Waals surface area contributed by atoms with E-state index in [0.717, 1.165) is 51.9 Å². The molecule has 25 heavy (non-hydrogen) atoms. The van der Waals surface area contributed by atoms with Crippen LogP contribution in [0.2, 0.25) is 0 Å². The first-order valence-corrected chi connectivity index (χ1v) is 9.44. The van der Waals surface area contributed by atoms with Crippen LogP contribution in [-0.4, -0.2) is 53.8 Å². The molecule has 1 aromatic rings. The number of nitrogens with one attached hydrogen (secondary N) is 1. The van der Waals surface area contributed by atoms with E-state index in [4.69, 9.17) is 0 Å². The number of benzene rings is 1. The van der Waals surface area contributed by atoms with Crippen molar-refractivity contribution in [3.63, 3.8) is 0 Å². The third-order valence-electron chi connectivity index (χ3n) is 5.24. The van der Waals surface area contributed by atoms with E-state index in [9.17, 15) is 9.59 Å². The van der Waals surface area contributed by atoms with Gasteiger partial charge in [0.25, 0.3) is 0 Å². The van der Waals surface area contributed by atoms with Crippen molar-refractivity contribution in [2.24, 2.45) is 5.92 Å². The van der Waals surface area contributed by atoms with Gasteiger partial charge in [-0.05, 0) is 37.8 Å². The summed E-state index contributed by atoms with van der Waals surface area (Å²) in [5.41, 5.74) is 1.30. The minimum Gasteiger partial charge on any atom is -0.352 e. The zero-order valence-corrected chi connectivity index (χ0v) is 15.1. The third kappa shape index (κ3) is 5.05. The number of nitrogens with zero attached hydrogens (tertiary/aromatic N) is 2. The first-order chi connectivity index (χ1) is 12.1. The van der Waals surface area contributed by atoms with E-state index in [-0.39, 0.29) is 23.8 Å². The zero-order valence-electron chi connectivity index (χ0n) is 15.1. The lowest BCUT2D eigenvalue weighted by molar-refractivity contribution is -0.139. The Morgan fingerprint density at radius 1 is 1.08 bits per heavy atom. The molecule has 0 unspecified atom stereocenters. The molecule has 2 fully saturated rings. The van der Waals surface area contributed by atoms with Gasteiger partial charge in [-0.15, -0.1) is 0 Å². The van der Waals surface area contributed by atoms with Crippen LogP contribution in [0.25, 0.3) is 0 Å². The molecule has 2 amide bonds. The van der Waals surface area contributed by atoms with Crippen molar-refractivity contribution in [2.45, 2.75) is 45.2 Å². The maximum Gasteiger partial charge on any atom is 0.227 e. The molecule has 1 N–H and O–H groups in total. The molecule has 2 atom stereocenters. The smallest absolute Gasteiger partial charge is 0.227 e. The third-order valence-corrected chi connectivity index (χ3v) is 5.24. The summed E-state index contributed by atoms with van der Waals surface area (Å²) in [6, 6.07) is 10.6. The van der Waals surface area contributed by atoms with Crippen molar-refractivity contribution in [3.05, 3.63) is 35.9 Å². The second kappa shape index (κ2) is 8.48. The van der Waals surface area contributed by atoms with Gasteiger partial charge in [0, 0.05) is 39.1 Å². The molecule has 5 heteroatoms. The van der Waals surface area contributed by atoms with Gasteiger partial charge in [0.2, 0.25) is 11.8 Å². The number of hydrogen-bond acceptors (Lipinski definition) is 3. The van der Waals surface area contributed by atoms with Crippen molar-refractivity contribution in [2.75, 3.05) is 26.2 Å². The zero-order chi connectivity index (χ0) is 17.6. The summed E-state index contributed by atoms with van der Waals surface area (Å²) in [6.45, 7) is 5.85. The number of likely N-dealkylation sites (tertiary alicyclic amines) is 2. The fourth-order valence-corrected chi connectivity index (χ4v) is 4.08. The Morgan fingerprint density at radius 3 is 2.60 bits per heavy atom. The van der Waals surface area contributed by atoms with Gasteiger partial charge in [-0.25, -0.2) is 0 Å². The summed E-state index contributed by atoms with van der Waals surface area (Å²) in [5, 5.41) is 2.97. The largest absolute Gasteiger partial charge is 0.352 e. The van der Waals surface area contributed by atoms with Gasteiger partial charge < -0.3 is 10.2 Å². The highest BCUT2D eigenvalue weighted by atomic mass is 16.2. The fraction of sp³-hybridized carbons (Fsp3) is 0.600. The van der Waals surface area contributed by atoms with E-state index < -0.39 is 0 Å². The number of carbonyl (C=O) groups is 2. The molecule has 0 aliphatic carbocycles. The predicted molar refractivity (Wildman–Crippen MR) is 97.9 cm³/mol. The molecule has 5 nitrogen and oxygen atoms in total. The number of carbonyl (C=O) groups excluding carboxylic acids is 2.